The molecule has 4 aromatic rings. The number of Topliss-reactive ketones (excluding diaryl/α,β-unsaturated/α-hetero) is 1. The van der Waals surface area contributed by atoms with E-state index in [1.807, 2.05) is 45.9 Å². The first kappa shape index (κ1) is 26.5. The predicted molar refractivity (Wildman–Crippen MR) is 147 cm³/mol. The minimum absolute atomic E-state index is 0.0815. The maximum Gasteiger partial charge on any atom is 0.301 e. The second kappa shape index (κ2) is 9.57. The third-order valence-corrected chi connectivity index (χ3v) is 7.77. The standard InChI is InChI=1S/C30H26F2N2O4S/c1-15-7-6-8-16(11-15)25-24(26(35)18-12-17(30(2,3)4)9-10-22(18)38-5)27(36)28(37)34(25)29-33-21-13-19(31)20(32)14-23(21)39-29/h6-14,25,35H,1-5H3/b26-24+. The summed E-state index contributed by atoms with van der Waals surface area (Å²) in [7, 11) is 1.46. The van der Waals surface area contributed by atoms with Gasteiger partial charge in [0.25, 0.3) is 5.78 Å². The molecule has 0 aliphatic carbocycles. The maximum absolute atomic E-state index is 13.9. The number of fused-ring (bicyclic) bond motifs is 1. The van der Waals surface area contributed by atoms with E-state index in [9.17, 15) is 23.5 Å². The second-order valence-corrected chi connectivity index (χ2v) is 11.5. The number of hydrogen-bond acceptors (Lipinski definition) is 6. The molecule has 6 nitrogen and oxygen atoms in total. The van der Waals surface area contributed by atoms with E-state index < -0.39 is 29.4 Å². The number of aliphatic hydroxyl groups excluding tert-OH is 1. The van der Waals surface area contributed by atoms with E-state index in [0.29, 0.717) is 16.0 Å². The highest BCUT2D eigenvalue weighted by Crippen LogP contribution is 2.45. The lowest BCUT2D eigenvalue weighted by Gasteiger charge is -2.24. The Morgan fingerprint density at radius 1 is 1.05 bits per heavy atom. The Morgan fingerprint density at radius 2 is 1.77 bits per heavy atom. The van der Waals surface area contributed by atoms with Crippen LogP contribution in [0.25, 0.3) is 16.0 Å². The Labute approximate surface area is 228 Å². The summed E-state index contributed by atoms with van der Waals surface area (Å²) in [4.78, 5) is 32.7. The number of aromatic nitrogens is 1. The molecule has 1 N–H and O–H groups in total. The van der Waals surface area contributed by atoms with E-state index in [1.165, 1.54) is 12.0 Å². The number of amides is 1. The molecule has 0 bridgehead atoms. The highest BCUT2D eigenvalue weighted by Gasteiger charge is 2.48. The molecule has 1 aliphatic heterocycles. The van der Waals surface area contributed by atoms with Gasteiger partial charge in [0.1, 0.15) is 11.5 Å². The number of nitrogens with zero attached hydrogens (tertiary/aromatic N) is 2. The minimum Gasteiger partial charge on any atom is -0.507 e. The zero-order valence-electron chi connectivity index (χ0n) is 22.0. The SMILES string of the molecule is COc1ccc(C(C)(C)C)cc1/C(O)=C1\C(=O)C(=O)N(c2nc3cc(F)c(F)cc3s2)C1c1cccc(C)c1. The summed E-state index contributed by atoms with van der Waals surface area (Å²) in [5.41, 5.74) is 2.35. The molecule has 1 amide bonds. The first-order valence-electron chi connectivity index (χ1n) is 12.2. The molecule has 3 aromatic carbocycles. The number of methoxy groups -OCH3 is 1. The third-order valence-electron chi connectivity index (χ3n) is 6.75. The van der Waals surface area contributed by atoms with E-state index in [-0.39, 0.29) is 33.0 Å². The minimum atomic E-state index is -1.07. The molecule has 0 radical (unpaired) electrons. The van der Waals surface area contributed by atoms with E-state index in [1.54, 1.807) is 24.3 Å². The van der Waals surface area contributed by atoms with Crippen molar-refractivity contribution in [2.24, 2.45) is 0 Å². The van der Waals surface area contributed by atoms with Gasteiger partial charge >= 0.3 is 5.91 Å². The van der Waals surface area contributed by atoms with Crippen LogP contribution in [0.2, 0.25) is 0 Å². The van der Waals surface area contributed by atoms with Gasteiger partial charge in [0.05, 0.1) is 34.5 Å². The van der Waals surface area contributed by atoms with Crippen molar-refractivity contribution < 1.29 is 28.2 Å². The fraction of sp³-hybridized carbons (Fsp3) is 0.233. The van der Waals surface area contributed by atoms with Gasteiger partial charge in [-0.1, -0.05) is 68.0 Å². The Hall–Kier alpha value is -4.11. The maximum atomic E-state index is 13.9. The zero-order valence-corrected chi connectivity index (χ0v) is 22.8. The molecule has 0 saturated carbocycles. The Kier molecular flexibility index (Phi) is 6.50. The number of rotatable bonds is 4. The van der Waals surface area contributed by atoms with E-state index in [0.717, 1.165) is 34.6 Å². The first-order chi connectivity index (χ1) is 18.4. The topological polar surface area (TPSA) is 79.7 Å². The van der Waals surface area contributed by atoms with Gasteiger partial charge < -0.3 is 9.84 Å². The number of anilines is 1. The fourth-order valence-corrected chi connectivity index (χ4v) is 5.70. The van der Waals surface area contributed by atoms with Crippen molar-refractivity contribution in [3.63, 3.8) is 0 Å². The Morgan fingerprint density at radius 3 is 2.44 bits per heavy atom. The van der Waals surface area contributed by atoms with Crippen LogP contribution in [0.4, 0.5) is 13.9 Å². The zero-order chi connectivity index (χ0) is 28.2. The van der Waals surface area contributed by atoms with Crippen molar-refractivity contribution in [2.45, 2.75) is 39.2 Å². The number of carbonyl (C=O) groups is 2. The number of hydrogen-bond donors (Lipinski definition) is 1. The Bertz CT molecular complexity index is 1650. The van der Waals surface area contributed by atoms with Gasteiger partial charge in [0.2, 0.25) is 0 Å². The lowest BCUT2D eigenvalue weighted by Crippen LogP contribution is -2.29. The van der Waals surface area contributed by atoms with Crippen LogP contribution in [-0.2, 0) is 15.0 Å². The molecule has 1 saturated heterocycles. The smallest absolute Gasteiger partial charge is 0.301 e. The quantitative estimate of drug-likeness (QED) is 0.172. The molecule has 1 aliphatic rings. The molecule has 1 atom stereocenters. The van der Waals surface area contributed by atoms with Gasteiger partial charge in [-0.2, -0.15) is 0 Å². The van der Waals surface area contributed by atoms with Gasteiger partial charge in [-0.05, 0) is 41.7 Å². The van der Waals surface area contributed by atoms with Crippen molar-refractivity contribution in [3.8, 4) is 5.75 Å². The van der Waals surface area contributed by atoms with Gasteiger partial charge in [0.15, 0.2) is 16.8 Å². The van der Waals surface area contributed by atoms with Crippen molar-refractivity contribution >= 4 is 44.1 Å². The third kappa shape index (κ3) is 4.57. The summed E-state index contributed by atoms with van der Waals surface area (Å²) < 4.78 is 33.6. The molecular weight excluding hydrogens is 522 g/mol. The fourth-order valence-electron chi connectivity index (χ4n) is 4.70. The highest BCUT2D eigenvalue weighted by molar-refractivity contribution is 7.22. The van der Waals surface area contributed by atoms with Gasteiger partial charge in [-0.15, -0.1) is 0 Å². The molecule has 1 unspecified atom stereocenters. The molecule has 5 rings (SSSR count). The number of carbonyl (C=O) groups excluding carboxylic acids is 2. The number of ether oxygens (including phenoxy) is 1. The number of aliphatic hydroxyl groups is 1. The molecule has 0 spiro atoms. The monoisotopic (exact) mass is 548 g/mol. The van der Waals surface area contributed by atoms with E-state index in [4.69, 9.17) is 4.74 Å². The normalized spacial score (nSPS) is 17.3. The van der Waals surface area contributed by atoms with Gasteiger partial charge in [-0.25, -0.2) is 13.8 Å². The van der Waals surface area contributed by atoms with Crippen LogP contribution in [-0.4, -0.2) is 28.9 Å². The van der Waals surface area contributed by atoms with Crippen molar-refractivity contribution in [2.75, 3.05) is 12.0 Å². The molecule has 200 valence electrons. The van der Waals surface area contributed by atoms with Crippen LogP contribution >= 0.6 is 11.3 Å². The highest BCUT2D eigenvalue weighted by atomic mass is 32.1. The van der Waals surface area contributed by atoms with Crippen LogP contribution in [0.15, 0.2) is 60.2 Å². The van der Waals surface area contributed by atoms with Crippen molar-refractivity contribution in [1.82, 2.24) is 4.98 Å². The van der Waals surface area contributed by atoms with Crippen LogP contribution in [0.1, 0.15) is 49.1 Å². The van der Waals surface area contributed by atoms with Crippen LogP contribution in [0, 0.1) is 18.6 Å². The second-order valence-electron chi connectivity index (χ2n) is 10.5. The molecule has 1 fully saturated rings. The summed E-state index contributed by atoms with van der Waals surface area (Å²) >= 11 is 0.955. The summed E-state index contributed by atoms with van der Waals surface area (Å²) in [5.74, 6) is -3.97. The average Bonchev–Trinajstić information content (AvgIpc) is 3.40. The summed E-state index contributed by atoms with van der Waals surface area (Å²) in [6.07, 6.45) is 0. The van der Waals surface area contributed by atoms with Gasteiger partial charge in [-0.3, -0.25) is 14.5 Å². The lowest BCUT2D eigenvalue weighted by molar-refractivity contribution is -0.132. The first-order valence-corrected chi connectivity index (χ1v) is 13.0. The number of thiazole rings is 1. The predicted octanol–water partition coefficient (Wildman–Crippen LogP) is 6.82. The Balaban J connectivity index is 1.77. The lowest BCUT2D eigenvalue weighted by atomic mass is 9.85. The average molecular weight is 549 g/mol. The number of ketones is 1. The molecule has 1 aromatic heterocycles. The number of halogens is 2. The van der Waals surface area contributed by atoms with Crippen molar-refractivity contribution in [1.29, 1.82) is 0 Å². The summed E-state index contributed by atoms with van der Waals surface area (Å²) in [5, 5.41) is 11.8. The molecular formula is C30H26F2N2O4S. The van der Waals surface area contributed by atoms with Gasteiger partial charge in [0, 0.05) is 6.07 Å². The van der Waals surface area contributed by atoms with E-state index in [2.05, 4.69) is 4.98 Å². The largest absolute Gasteiger partial charge is 0.507 e. The van der Waals surface area contributed by atoms with Crippen LogP contribution in [0.5, 0.6) is 5.75 Å². The molecule has 39 heavy (non-hydrogen) atoms. The van der Waals surface area contributed by atoms with Crippen LogP contribution in [0.3, 0.4) is 0 Å². The van der Waals surface area contributed by atoms with E-state index >= 15 is 0 Å². The number of aryl methyl sites for hydroxylation is 1. The summed E-state index contributed by atoms with van der Waals surface area (Å²) in [6, 6.07) is 13.5. The van der Waals surface area contributed by atoms with Crippen molar-refractivity contribution in [3.05, 3.63) is 94.1 Å². The number of benzene rings is 3. The summed E-state index contributed by atoms with van der Waals surface area (Å²) in [6.45, 7) is 7.92. The molecule has 2 heterocycles. The van der Waals surface area contributed by atoms with Crippen LogP contribution < -0.4 is 9.64 Å². The molecule has 9 heteroatoms.